The summed E-state index contributed by atoms with van der Waals surface area (Å²) in [4.78, 5) is 0. The number of hydrogen-bond donors (Lipinski definition) is 0. The molecular formula is C6H18ClN3Zr. The molecule has 0 saturated heterocycles. The van der Waals surface area contributed by atoms with Crippen molar-refractivity contribution in [1.82, 2.24) is 0 Å². The molecule has 0 rings (SSSR count). The zero-order chi connectivity index (χ0) is 8.12. The molecule has 0 aromatic carbocycles. The van der Waals surface area contributed by atoms with Gasteiger partial charge in [-0.2, -0.15) is 42.3 Å². The van der Waals surface area contributed by atoms with Crippen LogP contribution < -0.4 is 12.4 Å². The molecule has 0 aliphatic heterocycles. The van der Waals surface area contributed by atoms with Gasteiger partial charge in [0.15, 0.2) is 0 Å². The minimum absolute atomic E-state index is 0. The van der Waals surface area contributed by atoms with Gasteiger partial charge in [0.05, 0.1) is 0 Å². The standard InChI is InChI=1S/3C2H6N.ClH.Zr/c3*1-3-2;;/h3*1-2H3;1H;/q3*-1;;+4/p-1. The van der Waals surface area contributed by atoms with E-state index in [1.165, 1.54) is 0 Å². The Morgan fingerprint density at radius 3 is 0.545 bits per heavy atom. The molecule has 0 atom stereocenters. The maximum absolute atomic E-state index is 3.50. The van der Waals surface area contributed by atoms with Gasteiger partial charge in [-0.1, -0.05) is 0 Å². The molecule has 0 spiro atoms. The molecule has 11 heavy (non-hydrogen) atoms. The quantitative estimate of drug-likeness (QED) is 0.528. The van der Waals surface area contributed by atoms with Gasteiger partial charge in [-0.05, 0) is 0 Å². The molecule has 0 heterocycles. The largest absolute Gasteiger partial charge is 4.00 e. The van der Waals surface area contributed by atoms with E-state index in [1.54, 1.807) is 42.3 Å². The van der Waals surface area contributed by atoms with Gasteiger partial charge in [0.2, 0.25) is 0 Å². The smallest absolute Gasteiger partial charge is 1.00 e. The Kier molecular flexibility index (Phi) is 183. The van der Waals surface area contributed by atoms with Crippen LogP contribution in [-0.2, 0) is 26.2 Å². The van der Waals surface area contributed by atoms with Crippen molar-refractivity contribution in [1.29, 1.82) is 0 Å². The van der Waals surface area contributed by atoms with Crippen molar-refractivity contribution in [2.24, 2.45) is 0 Å². The molecule has 0 fully saturated rings. The van der Waals surface area contributed by atoms with Gasteiger partial charge in [-0.25, -0.2) is 0 Å². The van der Waals surface area contributed by atoms with E-state index >= 15 is 0 Å². The Hall–Kier alpha value is 1.05. The summed E-state index contributed by atoms with van der Waals surface area (Å²) in [7, 11) is 10.5. The summed E-state index contributed by atoms with van der Waals surface area (Å²) < 4.78 is 0. The molecule has 0 aliphatic rings. The average Bonchev–Trinajstić information content (AvgIpc) is 1.70. The van der Waals surface area contributed by atoms with Gasteiger partial charge in [0, 0.05) is 0 Å². The van der Waals surface area contributed by atoms with Crippen molar-refractivity contribution in [2.75, 3.05) is 42.3 Å². The van der Waals surface area contributed by atoms with Crippen molar-refractivity contribution < 1.29 is 38.6 Å². The molecule has 0 N–H and O–H groups in total. The molecule has 0 aliphatic carbocycles. The maximum Gasteiger partial charge on any atom is 4.00 e. The topological polar surface area (TPSA) is 42.3 Å². The summed E-state index contributed by atoms with van der Waals surface area (Å²) in [6, 6.07) is 0. The molecule has 0 unspecified atom stereocenters. The third kappa shape index (κ3) is 817. The third-order valence-electron chi connectivity index (χ3n) is 0. The van der Waals surface area contributed by atoms with E-state index in [4.69, 9.17) is 0 Å². The minimum atomic E-state index is 0. The summed E-state index contributed by atoms with van der Waals surface area (Å²) in [5.41, 5.74) is 0. The van der Waals surface area contributed by atoms with Crippen LogP contribution in [0.1, 0.15) is 0 Å². The van der Waals surface area contributed by atoms with E-state index in [0.717, 1.165) is 0 Å². The SMILES string of the molecule is C[N-]C.C[N-]C.C[N-]C.[Cl-].[Zr+4]. The van der Waals surface area contributed by atoms with Crippen molar-refractivity contribution in [3.05, 3.63) is 16.0 Å². The Balaban J connectivity index is -0.0000000150. The summed E-state index contributed by atoms with van der Waals surface area (Å²) in [5.74, 6) is 0. The first-order valence-electron chi connectivity index (χ1n) is 2.68. The predicted molar refractivity (Wildman–Crippen MR) is 45.6 cm³/mol. The second-order valence-electron chi connectivity index (χ2n) is 1.34. The summed E-state index contributed by atoms with van der Waals surface area (Å²) >= 11 is 0. The van der Waals surface area contributed by atoms with Crippen LogP contribution >= 0.6 is 0 Å². The van der Waals surface area contributed by atoms with Gasteiger partial charge >= 0.3 is 26.2 Å². The molecule has 0 bridgehead atoms. The average molecular weight is 259 g/mol. The molecule has 0 radical (unpaired) electrons. The van der Waals surface area contributed by atoms with Crippen molar-refractivity contribution >= 4 is 0 Å². The zero-order valence-electron chi connectivity index (χ0n) is 8.22. The van der Waals surface area contributed by atoms with Crippen LogP contribution in [0.5, 0.6) is 0 Å². The molecule has 0 saturated carbocycles. The Morgan fingerprint density at radius 2 is 0.545 bits per heavy atom. The first-order chi connectivity index (χ1) is 4.24. The van der Waals surface area contributed by atoms with Gasteiger partial charge < -0.3 is 28.4 Å². The van der Waals surface area contributed by atoms with E-state index in [-0.39, 0.29) is 38.6 Å². The first kappa shape index (κ1) is 29.6. The van der Waals surface area contributed by atoms with E-state index in [0.29, 0.717) is 0 Å². The van der Waals surface area contributed by atoms with Crippen molar-refractivity contribution in [3.8, 4) is 0 Å². The van der Waals surface area contributed by atoms with E-state index in [1.807, 2.05) is 0 Å². The molecular weight excluding hydrogens is 241 g/mol. The van der Waals surface area contributed by atoms with Gasteiger partial charge in [-0.3, -0.25) is 0 Å². The number of nitrogens with zero attached hydrogens (tertiary/aromatic N) is 3. The number of halogens is 1. The minimum Gasteiger partial charge on any atom is -1.00 e. The molecule has 0 aromatic heterocycles. The second kappa shape index (κ2) is 68.0. The van der Waals surface area contributed by atoms with Crippen LogP contribution in [0.2, 0.25) is 0 Å². The Morgan fingerprint density at radius 1 is 0.545 bits per heavy atom. The Labute approximate surface area is 96.6 Å². The van der Waals surface area contributed by atoms with Gasteiger partial charge in [-0.15, -0.1) is 0 Å². The fourth-order valence-corrected chi connectivity index (χ4v) is 0. The van der Waals surface area contributed by atoms with Crippen LogP contribution in [-0.4, -0.2) is 42.3 Å². The molecule has 5 heteroatoms. The van der Waals surface area contributed by atoms with E-state index in [2.05, 4.69) is 16.0 Å². The molecule has 68 valence electrons. The Bertz CT molecular complexity index is 22.5. The van der Waals surface area contributed by atoms with Gasteiger partial charge in [0.25, 0.3) is 0 Å². The van der Waals surface area contributed by atoms with E-state index < -0.39 is 0 Å². The van der Waals surface area contributed by atoms with Crippen LogP contribution in [0.3, 0.4) is 0 Å². The fraction of sp³-hybridized carbons (Fsp3) is 1.00. The summed E-state index contributed by atoms with van der Waals surface area (Å²) in [6.45, 7) is 0. The normalized spacial score (nSPS) is 4.91. The molecule has 3 nitrogen and oxygen atoms in total. The second-order valence-corrected chi connectivity index (χ2v) is 1.34. The number of rotatable bonds is 0. The van der Waals surface area contributed by atoms with Crippen LogP contribution in [0.25, 0.3) is 16.0 Å². The third-order valence-corrected chi connectivity index (χ3v) is 0. The number of hydrogen-bond acceptors (Lipinski definition) is 0. The monoisotopic (exact) mass is 257 g/mol. The van der Waals surface area contributed by atoms with Crippen molar-refractivity contribution in [2.45, 2.75) is 0 Å². The van der Waals surface area contributed by atoms with E-state index in [9.17, 15) is 0 Å². The predicted octanol–water partition coefficient (Wildman–Crippen LogP) is -1.14. The van der Waals surface area contributed by atoms with Crippen molar-refractivity contribution in [3.63, 3.8) is 0 Å². The summed E-state index contributed by atoms with van der Waals surface area (Å²) in [6.07, 6.45) is 0. The van der Waals surface area contributed by atoms with Crippen LogP contribution in [0, 0.1) is 0 Å². The molecule has 0 amide bonds. The zero-order valence-corrected chi connectivity index (χ0v) is 11.4. The van der Waals surface area contributed by atoms with Gasteiger partial charge in [0.1, 0.15) is 0 Å². The van der Waals surface area contributed by atoms with Crippen LogP contribution in [0.15, 0.2) is 0 Å². The first-order valence-corrected chi connectivity index (χ1v) is 2.68. The maximum atomic E-state index is 3.50. The molecule has 0 aromatic rings. The van der Waals surface area contributed by atoms with Crippen LogP contribution in [0.4, 0.5) is 0 Å². The fourth-order valence-electron chi connectivity index (χ4n) is 0. The summed E-state index contributed by atoms with van der Waals surface area (Å²) in [5, 5.41) is 10.5.